The lowest BCUT2D eigenvalue weighted by Gasteiger charge is -2.36. The number of hydrogen-bond acceptors (Lipinski definition) is 3. The smallest absolute Gasteiger partial charge is 0.254 e. The number of anilines is 2. The molecular formula is C22H29N3O. The van der Waals surface area contributed by atoms with Gasteiger partial charge in [-0.05, 0) is 56.7 Å². The van der Waals surface area contributed by atoms with Gasteiger partial charge in [-0.3, -0.25) is 4.79 Å². The average molecular weight is 351 g/mol. The van der Waals surface area contributed by atoms with Crippen molar-refractivity contribution < 1.29 is 4.79 Å². The Balaban J connectivity index is 1.62. The molecule has 0 saturated carbocycles. The summed E-state index contributed by atoms with van der Waals surface area (Å²) in [4.78, 5) is 19.4. The van der Waals surface area contributed by atoms with Crippen molar-refractivity contribution in [2.75, 3.05) is 49.1 Å². The van der Waals surface area contributed by atoms with Gasteiger partial charge >= 0.3 is 0 Å². The van der Waals surface area contributed by atoms with E-state index in [2.05, 4.69) is 47.9 Å². The highest BCUT2D eigenvalue weighted by Crippen LogP contribution is 2.22. The molecule has 0 aliphatic carbocycles. The number of amides is 1. The monoisotopic (exact) mass is 351 g/mol. The number of carbonyl (C=O) groups is 1. The van der Waals surface area contributed by atoms with E-state index in [4.69, 9.17) is 0 Å². The highest BCUT2D eigenvalue weighted by Gasteiger charge is 2.23. The van der Waals surface area contributed by atoms with Crippen molar-refractivity contribution >= 4 is 17.3 Å². The minimum atomic E-state index is 0.152. The zero-order valence-electron chi connectivity index (χ0n) is 16.1. The summed E-state index contributed by atoms with van der Waals surface area (Å²) in [5.41, 5.74) is 4.38. The molecule has 2 aromatic carbocycles. The van der Waals surface area contributed by atoms with E-state index in [1.165, 1.54) is 11.4 Å². The van der Waals surface area contributed by atoms with Crippen molar-refractivity contribution in [1.29, 1.82) is 0 Å². The number of piperazine rings is 1. The summed E-state index contributed by atoms with van der Waals surface area (Å²) in [7, 11) is 0. The summed E-state index contributed by atoms with van der Waals surface area (Å²) in [6, 6.07) is 16.6. The molecule has 2 aromatic rings. The maximum Gasteiger partial charge on any atom is 0.254 e. The Morgan fingerprint density at radius 3 is 2.12 bits per heavy atom. The molecule has 26 heavy (non-hydrogen) atoms. The number of benzene rings is 2. The number of carbonyl (C=O) groups excluding carboxylic acids is 1. The molecule has 1 aliphatic heterocycles. The first kappa shape index (κ1) is 18.3. The van der Waals surface area contributed by atoms with Gasteiger partial charge in [-0.25, -0.2) is 0 Å². The second-order valence-electron chi connectivity index (χ2n) is 6.78. The van der Waals surface area contributed by atoms with Crippen molar-refractivity contribution in [3.63, 3.8) is 0 Å². The van der Waals surface area contributed by atoms with Crippen LogP contribution in [0.4, 0.5) is 11.4 Å². The van der Waals surface area contributed by atoms with E-state index in [0.29, 0.717) is 0 Å². The number of hydrogen-bond donors (Lipinski definition) is 0. The molecular weight excluding hydrogens is 322 g/mol. The number of aryl methyl sites for hydroxylation is 1. The summed E-state index contributed by atoms with van der Waals surface area (Å²) >= 11 is 0. The van der Waals surface area contributed by atoms with Gasteiger partial charge in [-0.15, -0.1) is 0 Å². The zero-order chi connectivity index (χ0) is 18.5. The van der Waals surface area contributed by atoms with Crippen LogP contribution in [-0.2, 0) is 0 Å². The van der Waals surface area contributed by atoms with E-state index in [-0.39, 0.29) is 5.91 Å². The first-order valence-corrected chi connectivity index (χ1v) is 9.59. The molecule has 0 bridgehead atoms. The summed E-state index contributed by atoms with van der Waals surface area (Å²) in [5.74, 6) is 0.152. The summed E-state index contributed by atoms with van der Waals surface area (Å²) < 4.78 is 0. The van der Waals surface area contributed by atoms with E-state index < -0.39 is 0 Å². The Hall–Kier alpha value is -2.49. The molecule has 0 radical (unpaired) electrons. The summed E-state index contributed by atoms with van der Waals surface area (Å²) in [6.07, 6.45) is 0. The van der Waals surface area contributed by atoms with E-state index in [9.17, 15) is 4.79 Å². The van der Waals surface area contributed by atoms with Crippen molar-refractivity contribution in [3.8, 4) is 0 Å². The van der Waals surface area contributed by atoms with Crippen molar-refractivity contribution in [1.82, 2.24) is 4.90 Å². The Morgan fingerprint density at radius 2 is 1.54 bits per heavy atom. The van der Waals surface area contributed by atoms with Crippen LogP contribution >= 0.6 is 0 Å². The predicted octanol–water partition coefficient (Wildman–Crippen LogP) is 3.80. The fourth-order valence-corrected chi connectivity index (χ4v) is 3.61. The molecule has 0 N–H and O–H groups in total. The highest BCUT2D eigenvalue weighted by molar-refractivity contribution is 5.95. The molecule has 0 aromatic heterocycles. The lowest BCUT2D eigenvalue weighted by atomic mass is 10.1. The van der Waals surface area contributed by atoms with Crippen LogP contribution in [0, 0.1) is 6.92 Å². The molecule has 0 unspecified atom stereocenters. The molecule has 1 heterocycles. The van der Waals surface area contributed by atoms with Crippen LogP contribution in [0.1, 0.15) is 29.8 Å². The van der Waals surface area contributed by atoms with Crippen LogP contribution in [0.5, 0.6) is 0 Å². The SMILES string of the molecule is CCN(CC)c1ccc(N2CCN(C(=O)c3ccccc3C)CC2)cc1. The second-order valence-corrected chi connectivity index (χ2v) is 6.78. The molecule has 1 saturated heterocycles. The maximum atomic E-state index is 12.8. The lowest BCUT2D eigenvalue weighted by Crippen LogP contribution is -2.48. The molecule has 3 rings (SSSR count). The fraction of sp³-hybridized carbons (Fsp3) is 0.409. The largest absolute Gasteiger partial charge is 0.372 e. The Bertz CT molecular complexity index is 729. The van der Waals surface area contributed by atoms with Crippen LogP contribution in [0.3, 0.4) is 0 Å². The number of rotatable bonds is 5. The van der Waals surface area contributed by atoms with Crippen LogP contribution in [-0.4, -0.2) is 50.1 Å². The third kappa shape index (κ3) is 3.85. The lowest BCUT2D eigenvalue weighted by molar-refractivity contribution is 0.0746. The minimum absolute atomic E-state index is 0.152. The zero-order valence-corrected chi connectivity index (χ0v) is 16.1. The molecule has 138 valence electrons. The van der Waals surface area contributed by atoms with Crippen LogP contribution in [0.15, 0.2) is 48.5 Å². The van der Waals surface area contributed by atoms with Gasteiger partial charge in [0.25, 0.3) is 5.91 Å². The Morgan fingerprint density at radius 1 is 0.923 bits per heavy atom. The Kier molecular flexibility index (Phi) is 5.82. The topological polar surface area (TPSA) is 26.8 Å². The third-order valence-corrected chi connectivity index (χ3v) is 5.29. The molecule has 0 atom stereocenters. The summed E-state index contributed by atoms with van der Waals surface area (Å²) in [5, 5.41) is 0. The summed E-state index contributed by atoms with van der Waals surface area (Å²) in [6.45, 7) is 11.7. The maximum absolute atomic E-state index is 12.8. The van der Waals surface area contributed by atoms with Gasteiger partial charge in [-0.1, -0.05) is 18.2 Å². The first-order valence-electron chi connectivity index (χ1n) is 9.59. The van der Waals surface area contributed by atoms with Crippen LogP contribution in [0.25, 0.3) is 0 Å². The van der Waals surface area contributed by atoms with E-state index in [0.717, 1.165) is 50.4 Å². The quantitative estimate of drug-likeness (QED) is 0.820. The van der Waals surface area contributed by atoms with Gasteiger partial charge in [0.05, 0.1) is 0 Å². The van der Waals surface area contributed by atoms with Gasteiger partial charge < -0.3 is 14.7 Å². The molecule has 1 fully saturated rings. The van der Waals surface area contributed by atoms with Gasteiger partial charge in [0.1, 0.15) is 0 Å². The van der Waals surface area contributed by atoms with E-state index >= 15 is 0 Å². The van der Waals surface area contributed by atoms with Gasteiger partial charge in [0, 0.05) is 56.2 Å². The van der Waals surface area contributed by atoms with Crippen molar-refractivity contribution in [3.05, 3.63) is 59.7 Å². The highest BCUT2D eigenvalue weighted by atomic mass is 16.2. The first-order chi connectivity index (χ1) is 12.6. The molecule has 4 heteroatoms. The van der Waals surface area contributed by atoms with Gasteiger partial charge in [0.15, 0.2) is 0 Å². The second kappa shape index (κ2) is 8.26. The van der Waals surface area contributed by atoms with Gasteiger partial charge in [-0.2, -0.15) is 0 Å². The standard InChI is InChI=1S/C22H29N3O/c1-4-23(5-2)19-10-12-20(13-11-19)24-14-16-25(17-15-24)22(26)21-9-7-6-8-18(21)3/h6-13H,4-5,14-17H2,1-3H3. The molecule has 1 aliphatic rings. The van der Waals surface area contributed by atoms with Crippen molar-refractivity contribution in [2.24, 2.45) is 0 Å². The molecule has 0 spiro atoms. The minimum Gasteiger partial charge on any atom is -0.372 e. The predicted molar refractivity (Wildman–Crippen MR) is 109 cm³/mol. The fourth-order valence-electron chi connectivity index (χ4n) is 3.61. The Labute approximate surface area is 157 Å². The van der Waals surface area contributed by atoms with E-state index in [1.54, 1.807) is 0 Å². The van der Waals surface area contributed by atoms with Crippen LogP contribution in [0.2, 0.25) is 0 Å². The third-order valence-electron chi connectivity index (χ3n) is 5.29. The average Bonchev–Trinajstić information content (AvgIpc) is 2.69. The normalized spacial score (nSPS) is 14.4. The number of nitrogens with zero attached hydrogens (tertiary/aromatic N) is 3. The van der Waals surface area contributed by atoms with Crippen LogP contribution < -0.4 is 9.80 Å². The van der Waals surface area contributed by atoms with Crippen molar-refractivity contribution in [2.45, 2.75) is 20.8 Å². The van der Waals surface area contributed by atoms with Gasteiger partial charge in [0.2, 0.25) is 0 Å². The van der Waals surface area contributed by atoms with E-state index in [1.807, 2.05) is 36.1 Å². The molecule has 1 amide bonds. The molecule has 4 nitrogen and oxygen atoms in total.